The Morgan fingerprint density at radius 2 is 0.602 bits per heavy atom. The molecule has 0 saturated heterocycles. The Hall–Kier alpha value is -2.46. The third-order valence-electron chi connectivity index (χ3n) is 18.1. The van der Waals surface area contributed by atoms with E-state index in [4.69, 9.17) is 37.0 Å². The quantitative estimate of drug-likeness (QED) is 0.0169. The Kier molecular flexibility index (Phi) is 67.2. The maximum Gasteiger partial charge on any atom is 0.472 e. The molecule has 19 heteroatoms. The molecule has 0 bridgehead atoms. The van der Waals surface area contributed by atoms with Crippen molar-refractivity contribution in [1.82, 2.24) is 0 Å². The minimum Gasteiger partial charge on any atom is -0.462 e. The third kappa shape index (κ3) is 70.6. The van der Waals surface area contributed by atoms with Gasteiger partial charge in [0.05, 0.1) is 26.4 Å². The van der Waals surface area contributed by atoms with Crippen LogP contribution in [-0.4, -0.2) is 96.7 Å². The number of carbonyl (C=O) groups is 4. The van der Waals surface area contributed by atoms with Gasteiger partial charge in [0.1, 0.15) is 19.3 Å². The van der Waals surface area contributed by atoms with E-state index in [1.165, 1.54) is 173 Å². The molecule has 0 spiro atoms. The fraction of sp³-hybridized carbons (Fsp3) is 0.899. The zero-order valence-electron chi connectivity index (χ0n) is 63.7. The first kappa shape index (κ1) is 95.5. The minimum atomic E-state index is -4.97. The van der Waals surface area contributed by atoms with E-state index in [0.717, 1.165) is 121 Å². The summed E-state index contributed by atoms with van der Waals surface area (Å²) < 4.78 is 68.6. The number of hydrogen-bond donors (Lipinski definition) is 3. The van der Waals surface area contributed by atoms with Gasteiger partial charge >= 0.3 is 39.5 Å². The van der Waals surface area contributed by atoms with Crippen molar-refractivity contribution in [3.63, 3.8) is 0 Å². The predicted molar refractivity (Wildman–Crippen MR) is 400 cm³/mol. The minimum absolute atomic E-state index is 0.0850. The lowest BCUT2D eigenvalue weighted by Gasteiger charge is -2.21. The Labute approximate surface area is 599 Å². The lowest BCUT2D eigenvalue weighted by Crippen LogP contribution is -2.30. The van der Waals surface area contributed by atoms with Crippen LogP contribution in [0.1, 0.15) is 382 Å². The lowest BCUT2D eigenvalue weighted by atomic mass is 9.99. The third-order valence-corrected chi connectivity index (χ3v) is 20.0. The van der Waals surface area contributed by atoms with Crippen LogP contribution >= 0.6 is 15.6 Å². The molecule has 0 amide bonds. The maximum atomic E-state index is 13.1. The van der Waals surface area contributed by atoms with Crippen LogP contribution in [0.3, 0.4) is 0 Å². The summed E-state index contributed by atoms with van der Waals surface area (Å²) >= 11 is 0. The van der Waals surface area contributed by atoms with Gasteiger partial charge in [-0.1, -0.05) is 330 Å². The summed E-state index contributed by atoms with van der Waals surface area (Å²) in [7, 11) is -9.93. The fourth-order valence-electron chi connectivity index (χ4n) is 11.6. The number of rotatable bonds is 75. The second-order valence-corrected chi connectivity index (χ2v) is 31.9. The molecule has 4 unspecified atom stereocenters. The van der Waals surface area contributed by atoms with E-state index in [0.29, 0.717) is 31.6 Å². The Morgan fingerprint density at radius 1 is 0.337 bits per heavy atom. The van der Waals surface area contributed by atoms with Gasteiger partial charge in [-0.25, -0.2) is 9.13 Å². The fourth-order valence-corrected chi connectivity index (χ4v) is 13.1. The average molecular weight is 1430 g/mol. The van der Waals surface area contributed by atoms with Gasteiger partial charge in [-0.15, -0.1) is 0 Å². The van der Waals surface area contributed by atoms with E-state index in [-0.39, 0.29) is 25.7 Å². The van der Waals surface area contributed by atoms with E-state index in [1.807, 2.05) is 0 Å². The summed E-state index contributed by atoms with van der Waals surface area (Å²) in [5.74, 6) is 0.181. The van der Waals surface area contributed by atoms with Crippen molar-refractivity contribution >= 4 is 39.5 Å². The molecule has 0 fully saturated rings. The van der Waals surface area contributed by atoms with E-state index >= 15 is 0 Å². The van der Waals surface area contributed by atoms with Crippen LogP contribution in [0.4, 0.5) is 0 Å². The Morgan fingerprint density at radius 3 is 0.908 bits per heavy atom. The van der Waals surface area contributed by atoms with Gasteiger partial charge in [-0.3, -0.25) is 37.3 Å². The first-order chi connectivity index (χ1) is 47.3. The Balaban J connectivity index is 5.28. The van der Waals surface area contributed by atoms with E-state index in [2.05, 4.69) is 72.8 Å². The molecule has 0 rings (SSSR count). The highest BCUT2D eigenvalue weighted by Crippen LogP contribution is 2.45. The molecule has 0 radical (unpaired) electrons. The standard InChI is InChI=1S/C79H150O17P2/c1-8-10-11-12-13-14-15-16-17-22-28-33-40-48-55-62-78(83)95-74(66-89-76(81)60-53-46-39-32-27-21-19-18-20-26-31-38-45-52-59-72(7)9-2)68-93-97(85,86)91-64-73(80)65-92-98(87,88)94-69-75(67-90-77(82)61-54-47-42-35-37-44-51-58-71(5)6)96-79(84)63-56-49-41-34-29-24-23-25-30-36-43-50-57-70(3)4/h14-17,70-75,80H,8-13,18-69H2,1-7H3,(H,85,86)(H,87,88)/b15-14-,17-16-/t72?,73?,74-,75-/m1/s1. The second kappa shape index (κ2) is 68.9. The summed E-state index contributed by atoms with van der Waals surface area (Å²) in [5, 5.41) is 10.6. The van der Waals surface area contributed by atoms with Crippen LogP contribution in [-0.2, 0) is 65.4 Å². The van der Waals surface area contributed by atoms with Gasteiger partial charge in [0, 0.05) is 25.7 Å². The van der Waals surface area contributed by atoms with E-state index < -0.39 is 97.5 Å². The summed E-state index contributed by atoms with van der Waals surface area (Å²) in [5.41, 5.74) is 0. The smallest absolute Gasteiger partial charge is 0.462 e. The molecule has 0 aliphatic carbocycles. The topological polar surface area (TPSA) is 237 Å². The second-order valence-electron chi connectivity index (χ2n) is 29.0. The molecule has 0 saturated carbocycles. The number of phosphoric acid groups is 2. The van der Waals surface area contributed by atoms with Crippen molar-refractivity contribution < 1.29 is 80.2 Å². The normalized spacial score (nSPS) is 14.4. The zero-order valence-corrected chi connectivity index (χ0v) is 65.5. The maximum absolute atomic E-state index is 13.1. The SMILES string of the molecule is CCCCCC/C=C\C=C/CCCCCCCC(=O)O[C@H](COC(=O)CCCCCCCCCCCCCCCCC(C)CC)COP(=O)(O)OCC(O)COP(=O)(O)OC[C@@H](COC(=O)CCCCCCCCCC(C)C)OC(=O)CCCCCCCCCCCCCCC(C)C. The zero-order chi connectivity index (χ0) is 72.3. The summed E-state index contributed by atoms with van der Waals surface area (Å²) in [6, 6.07) is 0. The molecule has 0 aliphatic heterocycles. The van der Waals surface area contributed by atoms with Crippen molar-refractivity contribution in [1.29, 1.82) is 0 Å². The number of unbranched alkanes of at least 4 members (excludes halogenated alkanes) is 39. The monoisotopic (exact) mass is 1430 g/mol. The summed E-state index contributed by atoms with van der Waals surface area (Å²) in [4.78, 5) is 72.9. The number of allylic oxidation sites excluding steroid dienone is 4. The number of aliphatic hydroxyl groups excluding tert-OH is 1. The van der Waals surface area contributed by atoms with Crippen LogP contribution in [0.15, 0.2) is 24.3 Å². The molecule has 3 N–H and O–H groups in total. The van der Waals surface area contributed by atoms with Gasteiger partial charge in [0.25, 0.3) is 0 Å². The van der Waals surface area contributed by atoms with Crippen molar-refractivity contribution in [2.45, 2.75) is 401 Å². The van der Waals surface area contributed by atoms with Gasteiger partial charge in [0.2, 0.25) is 0 Å². The van der Waals surface area contributed by atoms with Crippen LogP contribution in [0, 0.1) is 17.8 Å². The highest BCUT2D eigenvalue weighted by atomic mass is 31.2. The first-order valence-electron chi connectivity index (χ1n) is 40.2. The van der Waals surface area contributed by atoms with Crippen molar-refractivity contribution in [3.8, 4) is 0 Å². The predicted octanol–water partition coefficient (Wildman–Crippen LogP) is 22.9. The molecule has 578 valence electrons. The molecule has 98 heavy (non-hydrogen) atoms. The van der Waals surface area contributed by atoms with Crippen molar-refractivity contribution in [3.05, 3.63) is 24.3 Å². The molecule has 6 atom stereocenters. The number of hydrogen-bond acceptors (Lipinski definition) is 15. The molecule has 0 heterocycles. The number of ether oxygens (including phenoxy) is 4. The van der Waals surface area contributed by atoms with Crippen LogP contribution in [0.25, 0.3) is 0 Å². The Bertz CT molecular complexity index is 2000. The molecule has 0 aromatic rings. The van der Waals surface area contributed by atoms with Crippen LogP contribution < -0.4 is 0 Å². The lowest BCUT2D eigenvalue weighted by molar-refractivity contribution is -0.161. The van der Waals surface area contributed by atoms with Gasteiger partial charge in [-0.2, -0.15) is 0 Å². The first-order valence-corrected chi connectivity index (χ1v) is 43.2. The average Bonchev–Trinajstić information content (AvgIpc) is 0.990. The number of esters is 4. The number of aliphatic hydroxyl groups is 1. The van der Waals surface area contributed by atoms with E-state index in [1.54, 1.807) is 0 Å². The molecular weight excluding hydrogens is 1280 g/mol. The highest BCUT2D eigenvalue weighted by Gasteiger charge is 2.30. The summed E-state index contributed by atoms with van der Waals surface area (Å²) in [6.45, 7) is 11.9. The molecular formula is C79H150O17P2. The van der Waals surface area contributed by atoms with Gasteiger partial charge in [-0.05, 0) is 69.1 Å². The largest absolute Gasteiger partial charge is 0.472 e. The molecule has 0 aromatic carbocycles. The molecule has 17 nitrogen and oxygen atoms in total. The summed E-state index contributed by atoms with van der Waals surface area (Å²) in [6.07, 6.45) is 59.1. The number of carbonyl (C=O) groups excluding carboxylic acids is 4. The van der Waals surface area contributed by atoms with Crippen molar-refractivity contribution in [2.24, 2.45) is 17.8 Å². The highest BCUT2D eigenvalue weighted by molar-refractivity contribution is 7.47. The van der Waals surface area contributed by atoms with Crippen LogP contribution in [0.2, 0.25) is 0 Å². The van der Waals surface area contributed by atoms with Gasteiger partial charge in [0.15, 0.2) is 12.2 Å². The van der Waals surface area contributed by atoms with E-state index in [9.17, 15) is 43.2 Å². The van der Waals surface area contributed by atoms with Crippen molar-refractivity contribution in [2.75, 3.05) is 39.6 Å². The number of phosphoric ester groups is 2. The van der Waals surface area contributed by atoms with Gasteiger partial charge < -0.3 is 33.8 Å². The molecule has 0 aliphatic rings. The van der Waals surface area contributed by atoms with Crippen LogP contribution in [0.5, 0.6) is 0 Å². The molecule has 0 aromatic heterocycles.